The Kier molecular flexibility index (Phi) is 213. The van der Waals surface area contributed by atoms with Crippen molar-refractivity contribution in [3.63, 3.8) is 0 Å². The molecule has 0 aromatic heterocycles. The minimum absolute atomic E-state index is 0. The van der Waals surface area contributed by atoms with Crippen LogP contribution in [0.3, 0.4) is 0 Å². The van der Waals surface area contributed by atoms with E-state index in [4.69, 9.17) is 0 Å². The zero-order chi connectivity index (χ0) is 0. The molecule has 0 nitrogen and oxygen atoms in total. The van der Waals surface area contributed by atoms with Gasteiger partial charge in [-0.25, -0.2) is 0 Å². The zero-order valence-corrected chi connectivity index (χ0v) is 6.36. The number of hydrogen-bond donors (Lipinski definition) is 0. The third-order valence-electron chi connectivity index (χ3n) is 0. The topological polar surface area (TPSA) is 0 Å². The first-order chi connectivity index (χ1) is 0. The molecule has 0 amide bonds. The SMILES string of the molecule is [Fe].[Mn].[Si].[V]. The van der Waals surface area contributed by atoms with Gasteiger partial charge in [-0.2, -0.15) is 0 Å². The Morgan fingerprint density at radius 1 is 1.00 bits per heavy atom. The molecule has 4 heavy (non-hydrogen) atoms. The van der Waals surface area contributed by atoms with Crippen molar-refractivity contribution in [2.75, 3.05) is 0 Å². The summed E-state index contributed by atoms with van der Waals surface area (Å²) in [6.45, 7) is 0. The molecule has 6 radical (unpaired) electrons. The standard InChI is InChI=1S/Fe.Mn.Si.V. The van der Waals surface area contributed by atoms with Gasteiger partial charge in [-0.05, 0) is 0 Å². The van der Waals surface area contributed by atoms with Crippen molar-refractivity contribution in [3.8, 4) is 0 Å². The van der Waals surface area contributed by atoms with Crippen LogP contribution in [0.5, 0.6) is 0 Å². The van der Waals surface area contributed by atoms with Crippen molar-refractivity contribution in [1.82, 2.24) is 0 Å². The maximum atomic E-state index is 0. The average Bonchev–Trinajstić information content (AvgIpc) is 0. The number of hydrogen-bond acceptors (Lipinski definition) is 0. The second kappa shape index (κ2) is 21.1. The molecule has 0 N–H and O–H groups in total. The summed E-state index contributed by atoms with van der Waals surface area (Å²) in [4.78, 5) is 0. The van der Waals surface area contributed by atoms with Crippen molar-refractivity contribution in [2.45, 2.75) is 0 Å². The summed E-state index contributed by atoms with van der Waals surface area (Å²) < 4.78 is 0. The molecule has 0 fully saturated rings. The Morgan fingerprint density at radius 3 is 1.00 bits per heavy atom. The largest absolute Gasteiger partial charge is 0 e. The van der Waals surface area contributed by atoms with Gasteiger partial charge in [-0.1, -0.05) is 0 Å². The Hall–Kier alpha value is 1.84. The molecule has 0 aliphatic carbocycles. The molecular formula is FeMnSiV. The van der Waals surface area contributed by atoms with Gasteiger partial charge in [0.2, 0.25) is 0 Å². The van der Waals surface area contributed by atoms with Crippen molar-refractivity contribution >= 4 is 11.0 Å². The van der Waals surface area contributed by atoms with Crippen molar-refractivity contribution in [1.29, 1.82) is 0 Å². The summed E-state index contributed by atoms with van der Waals surface area (Å²) in [7, 11) is 0. The maximum absolute atomic E-state index is 0. The fraction of sp³-hybridized carbons (Fsp3) is 0. The molecular weight excluding hydrogens is 190 g/mol. The van der Waals surface area contributed by atoms with Gasteiger partial charge in [-0.3, -0.25) is 0 Å². The fourth-order valence-electron chi connectivity index (χ4n) is 0. The Bertz CT molecular complexity index is 8.00. The Balaban J connectivity index is 0. The Morgan fingerprint density at radius 2 is 1.00 bits per heavy atom. The van der Waals surface area contributed by atoms with E-state index in [1.807, 2.05) is 0 Å². The molecule has 0 saturated carbocycles. The molecule has 0 aromatic rings. The predicted octanol–water partition coefficient (Wildman–Crippen LogP) is -0.388. The molecule has 0 bridgehead atoms. The van der Waals surface area contributed by atoms with Gasteiger partial charge in [-0.15, -0.1) is 0 Å². The van der Waals surface area contributed by atoms with Crippen LogP contribution < -0.4 is 0 Å². The molecule has 0 spiro atoms. The molecule has 0 saturated heterocycles. The summed E-state index contributed by atoms with van der Waals surface area (Å²) in [6, 6.07) is 0. The predicted molar refractivity (Wildman–Crippen MR) is 5.75 cm³/mol. The van der Waals surface area contributed by atoms with E-state index in [-0.39, 0.29) is 63.7 Å². The molecule has 0 aromatic carbocycles. The first-order valence-corrected chi connectivity index (χ1v) is 0. The molecule has 4 heteroatoms. The van der Waals surface area contributed by atoms with E-state index in [0.29, 0.717) is 0 Å². The summed E-state index contributed by atoms with van der Waals surface area (Å²) >= 11 is 0. The monoisotopic (exact) mass is 190 g/mol. The third-order valence-corrected chi connectivity index (χ3v) is 0. The molecule has 0 rings (SSSR count). The number of rotatable bonds is 0. The van der Waals surface area contributed by atoms with Gasteiger partial charge in [0.25, 0.3) is 0 Å². The van der Waals surface area contributed by atoms with Crippen LogP contribution in [0.2, 0.25) is 0 Å². The fourth-order valence-corrected chi connectivity index (χ4v) is 0. The van der Waals surface area contributed by atoms with Gasteiger partial charge in [0.1, 0.15) is 0 Å². The van der Waals surface area contributed by atoms with E-state index >= 15 is 0 Å². The van der Waals surface area contributed by atoms with E-state index in [1.54, 1.807) is 0 Å². The summed E-state index contributed by atoms with van der Waals surface area (Å²) in [5, 5.41) is 0. The van der Waals surface area contributed by atoms with Crippen molar-refractivity contribution in [2.24, 2.45) is 0 Å². The van der Waals surface area contributed by atoms with Crippen molar-refractivity contribution < 1.29 is 52.7 Å². The van der Waals surface area contributed by atoms with E-state index < -0.39 is 0 Å². The normalized spacial score (nSPS) is 0. The molecule has 0 heterocycles. The second-order valence-electron chi connectivity index (χ2n) is 0. The maximum Gasteiger partial charge on any atom is 0 e. The summed E-state index contributed by atoms with van der Waals surface area (Å²) in [5.74, 6) is 0. The molecule has 0 unspecified atom stereocenters. The van der Waals surface area contributed by atoms with Crippen LogP contribution in [0.1, 0.15) is 0 Å². The smallest absolute Gasteiger partial charge is 0 e. The van der Waals surface area contributed by atoms with Crippen LogP contribution in [0.4, 0.5) is 0 Å². The van der Waals surface area contributed by atoms with Crippen LogP contribution in [-0.4, -0.2) is 11.0 Å². The zero-order valence-electron chi connectivity index (χ0n) is 1.68. The van der Waals surface area contributed by atoms with E-state index in [9.17, 15) is 0 Å². The van der Waals surface area contributed by atoms with Gasteiger partial charge >= 0.3 is 0 Å². The molecule has 0 aliphatic rings. The minimum Gasteiger partial charge on any atom is 0 e. The molecule has 0 aliphatic heterocycles. The molecule has 0 atom stereocenters. The second-order valence-corrected chi connectivity index (χ2v) is 0. The summed E-state index contributed by atoms with van der Waals surface area (Å²) in [6.07, 6.45) is 0. The quantitative estimate of drug-likeness (QED) is 0.456. The van der Waals surface area contributed by atoms with E-state index in [0.717, 1.165) is 0 Å². The van der Waals surface area contributed by atoms with Gasteiger partial charge in [0.05, 0.1) is 0 Å². The van der Waals surface area contributed by atoms with Crippen LogP contribution >= 0.6 is 0 Å². The average molecular weight is 190 g/mol. The first-order valence-electron chi connectivity index (χ1n) is 0. The Labute approximate surface area is 63.3 Å². The van der Waals surface area contributed by atoms with Gasteiger partial charge in [0.15, 0.2) is 0 Å². The van der Waals surface area contributed by atoms with Gasteiger partial charge < -0.3 is 0 Å². The van der Waals surface area contributed by atoms with Crippen LogP contribution in [0, 0.1) is 0 Å². The van der Waals surface area contributed by atoms with Crippen molar-refractivity contribution in [3.05, 3.63) is 0 Å². The summed E-state index contributed by atoms with van der Waals surface area (Å²) in [5.41, 5.74) is 0. The first kappa shape index (κ1) is 40.4. The van der Waals surface area contributed by atoms with E-state index in [1.165, 1.54) is 0 Å². The minimum atomic E-state index is 0. The van der Waals surface area contributed by atoms with Crippen LogP contribution in [0.25, 0.3) is 0 Å². The van der Waals surface area contributed by atoms with E-state index in [2.05, 4.69) is 0 Å². The van der Waals surface area contributed by atoms with Crippen LogP contribution in [-0.2, 0) is 52.7 Å². The van der Waals surface area contributed by atoms with Crippen LogP contribution in [0.15, 0.2) is 0 Å². The molecule has 24 valence electrons. The third kappa shape index (κ3) is 9.15. The van der Waals surface area contributed by atoms with Gasteiger partial charge in [0, 0.05) is 63.7 Å².